The van der Waals surface area contributed by atoms with Gasteiger partial charge in [0.2, 0.25) is 0 Å². The number of fused-ring (bicyclic) bond motifs is 6. The Morgan fingerprint density at radius 3 is 2.53 bits per heavy atom. The van der Waals surface area contributed by atoms with Crippen LogP contribution in [0.5, 0.6) is 0 Å². The molecule has 0 amide bonds. The van der Waals surface area contributed by atoms with Crippen molar-refractivity contribution in [2.24, 2.45) is 0 Å². The van der Waals surface area contributed by atoms with Gasteiger partial charge in [-0.05, 0) is 70.6 Å². The number of thiophene rings is 1. The lowest BCUT2D eigenvalue weighted by Crippen LogP contribution is -1.87. The number of benzene rings is 4. The highest BCUT2D eigenvalue weighted by Crippen LogP contribution is 2.42. The van der Waals surface area contributed by atoms with Crippen LogP contribution in [0.2, 0.25) is 0 Å². The summed E-state index contributed by atoms with van der Waals surface area (Å²) in [5, 5.41) is 5.37. The second kappa shape index (κ2) is 7.24. The van der Waals surface area contributed by atoms with Gasteiger partial charge in [-0.15, -0.1) is 11.3 Å². The largest absolute Gasteiger partial charge is 0.455 e. The van der Waals surface area contributed by atoms with Gasteiger partial charge in [0.1, 0.15) is 17.0 Å². The molecule has 0 atom stereocenters. The van der Waals surface area contributed by atoms with Crippen molar-refractivity contribution in [3.05, 3.63) is 103 Å². The Labute approximate surface area is 198 Å². The van der Waals surface area contributed by atoms with Crippen molar-refractivity contribution in [1.82, 2.24) is 4.98 Å². The van der Waals surface area contributed by atoms with Gasteiger partial charge in [-0.1, -0.05) is 42.5 Å². The number of aryl methyl sites for hydroxylation is 1. The van der Waals surface area contributed by atoms with Crippen LogP contribution in [-0.2, 0) is 0 Å². The molecule has 3 heterocycles. The average molecular weight is 460 g/mol. The quantitative estimate of drug-likeness (QED) is 0.258. The fourth-order valence-electron chi connectivity index (χ4n) is 4.96. The van der Waals surface area contributed by atoms with Gasteiger partial charge in [-0.2, -0.15) is 0 Å². The Morgan fingerprint density at radius 1 is 0.824 bits per heavy atom. The first-order valence-corrected chi connectivity index (χ1v) is 12.0. The number of hydrogen-bond acceptors (Lipinski definition) is 3. The summed E-state index contributed by atoms with van der Waals surface area (Å²) in [6, 6.07) is 27.8. The van der Waals surface area contributed by atoms with Gasteiger partial charge in [-0.25, -0.2) is 4.39 Å². The monoisotopic (exact) mass is 459 g/mol. The molecule has 4 heteroatoms. The summed E-state index contributed by atoms with van der Waals surface area (Å²) in [6.07, 6.45) is 1.86. The number of aromatic nitrogens is 1. The normalized spacial score (nSPS) is 11.8. The van der Waals surface area contributed by atoms with Crippen LogP contribution in [-0.4, -0.2) is 4.98 Å². The standard InChI is InChI=1S/C30H18FNOS/c1-17-21-7-4-5-9-27(21)34-30(17)19-12-13-32-25(15-19)24-14-18-6-2-3-8-22(18)28-23-11-10-20(31)16-26(23)33-29(24)28/h2-16H,1H3. The predicted octanol–water partition coefficient (Wildman–Crippen LogP) is 9.13. The van der Waals surface area contributed by atoms with Crippen molar-refractivity contribution in [2.45, 2.75) is 6.92 Å². The highest BCUT2D eigenvalue weighted by molar-refractivity contribution is 7.22. The van der Waals surface area contributed by atoms with Crippen molar-refractivity contribution in [3.63, 3.8) is 0 Å². The van der Waals surface area contributed by atoms with Crippen LogP contribution in [0.3, 0.4) is 0 Å². The number of nitrogens with zero attached hydrogens (tertiary/aromatic N) is 1. The van der Waals surface area contributed by atoms with Crippen LogP contribution in [0, 0.1) is 12.7 Å². The van der Waals surface area contributed by atoms with Crippen LogP contribution in [0.4, 0.5) is 4.39 Å². The van der Waals surface area contributed by atoms with E-state index in [1.54, 1.807) is 17.4 Å². The lowest BCUT2D eigenvalue weighted by Gasteiger charge is -2.08. The van der Waals surface area contributed by atoms with Crippen molar-refractivity contribution < 1.29 is 8.81 Å². The first-order valence-electron chi connectivity index (χ1n) is 11.2. The van der Waals surface area contributed by atoms with Gasteiger partial charge >= 0.3 is 0 Å². The molecule has 0 N–H and O–H groups in total. The highest BCUT2D eigenvalue weighted by atomic mass is 32.1. The summed E-state index contributed by atoms with van der Waals surface area (Å²) < 4.78 is 21.5. The molecule has 34 heavy (non-hydrogen) atoms. The summed E-state index contributed by atoms with van der Waals surface area (Å²) in [5.41, 5.74) is 5.43. The van der Waals surface area contributed by atoms with Crippen LogP contribution >= 0.6 is 11.3 Å². The number of hydrogen-bond donors (Lipinski definition) is 0. The molecule has 0 radical (unpaired) electrons. The molecule has 7 aromatic rings. The molecule has 0 aliphatic carbocycles. The summed E-state index contributed by atoms with van der Waals surface area (Å²) in [7, 11) is 0. The molecule has 0 aliphatic rings. The fourth-order valence-corrected chi connectivity index (χ4v) is 6.16. The third-order valence-corrected chi connectivity index (χ3v) is 7.89. The zero-order valence-corrected chi connectivity index (χ0v) is 19.1. The first-order chi connectivity index (χ1) is 16.7. The Balaban J connectivity index is 1.52. The maximum absolute atomic E-state index is 14.0. The van der Waals surface area contributed by atoms with Crippen LogP contribution < -0.4 is 0 Å². The van der Waals surface area contributed by atoms with E-state index in [9.17, 15) is 4.39 Å². The maximum Gasteiger partial charge on any atom is 0.145 e. The SMILES string of the molecule is Cc1c(-c2ccnc(-c3cc4ccccc4c4c3oc3cc(F)ccc34)c2)sc2ccccc12. The van der Waals surface area contributed by atoms with E-state index in [1.807, 2.05) is 18.3 Å². The van der Waals surface area contributed by atoms with E-state index in [-0.39, 0.29) is 5.82 Å². The zero-order valence-electron chi connectivity index (χ0n) is 18.3. The molecule has 3 aromatic heterocycles. The summed E-state index contributed by atoms with van der Waals surface area (Å²) in [6.45, 7) is 2.18. The second-order valence-electron chi connectivity index (χ2n) is 8.57. The van der Waals surface area contributed by atoms with Crippen molar-refractivity contribution in [2.75, 3.05) is 0 Å². The second-order valence-corrected chi connectivity index (χ2v) is 9.63. The van der Waals surface area contributed by atoms with E-state index >= 15 is 0 Å². The molecule has 0 saturated carbocycles. The lowest BCUT2D eigenvalue weighted by atomic mass is 9.97. The molecule has 0 spiro atoms. The van der Waals surface area contributed by atoms with E-state index in [0.717, 1.165) is 43.9 Å². The minimum Gasteiger partial charge on any atom is -0.455 e. The van der Waals surface area contributed by atoms with E-state index in [2.05, 4.69) is 61.5 Å². The molecule has 4 aromatic carbocycles. The fraction of sp³-hybridized carbons (Fsp3) is 0.0333. The summed E-state index contributed by atoms with van der Waals surface area (Å²) in [5.74, 6) is -0.308. The average Bonchev–Trinajstić information content (AvgIpc) is 3.41. The van der Waals surface area contributed by atoms with Gasteiger partial charge < -0.3 is 4.42 Å². The van der Waals surface area contributed by atoms with Crippen LogP contribution in [0.15, 0.2) is 95.5 Å². The minimum atomic E-state index is -0.308. The van der Waals surface area contributed by atoms with Gasteiger partial charge in [0.25, 0.3) is 0 Å². The van der Waals surface area contributed by atoms with Crippen molar-refractivity contribution >= 4 is 54.1 Å². The smallest absolute Gasteiger partial charge is 0.145 e. The maximum atomic E-state index is 14.0. The van der Waals surface area contributed by atoms with Crippen LogP contribution in [0.1, 0.15) is 5.56 Å². The molecule has 162 valence electrons. The zero-order chi connectivity index (χ0) is 22.8. The Hall–Kier alpha value is -4.02. The topological polar surface area (TPSA) is 26.0 Å². The molecule has 0 fully saturated rings. The molecule has 0 saturated heterocycles. The number of rotatable bonds is 2. The van der Waals surface area contributed by atoms with Crippen molar-refractivity contribution in [1.29, 1.82) is 0 Å². The third kappa shape index (κ3) is 2.82. The predicted molar refractivity (Wildman–Crippen MR) is 140 cm³/mol. The summed E-state index contributed by atoms with van der Waals surface area (Å²) in [4.78, 5) is 5.98. The molecule has 7 rings (SSSR count). The highest BCUT2D eigenvalue weighted by Gasteiger charge is 2.18. The van der Waals surface area contributed by atoms with Gasteiger partial charge in [-0.3, -0.25) is 4.98 Å². The van der Waals surface area contributed by atoms with E-state index < -0.39 is 0 Å². The molecule has 2 nitrogen and oxygen atoms in total. The summed E-state index contributed by atoms with van der Waals surface area (Å²) >= 11 is 1.80. The Bertz CT molecular complexity index is 1900. The van der Waals surface area contributed by atoms with E-state index in [0.29, 0.717) is 5.58 Å². The van der Waals surface area contributed by atoms with E-state index in [1.165, 1.54) is 32.7 Å². The molecule has 0 bridgehead atoms. The number of pyridine rings is 1. The molecule has 0 unspecified atom stereocenters. The molecular formula is C30H18FNOS. The van der Waals surface area contributed by atoms with Gasteiger partial charge in [0.05, 0.1) is 5.69 Å². The number of furan rings is 1. The molecule has 0 aliphatic heterocycles. The first kappa shape index (κ1) is 19.4. The van der Waals surface area contributed by atoms with Gasteiger partial charge in [0.15, 0.2) is 0 Å². The Morgan fingerprint density at radius 2 is 1.65 bits per heavy atom. The van der Waals surface area contributed by atoms with Gasteiger partial charge in [0, 0.05) is 38.2 Å². The van der Waals surface area contributed by atoms with E-state index in [4.69, 9.17) is 9.40 Å². The Kier molecular flexibility index (Phi) is 4.14. The van der Waals surface area contributed by atoms with Crippen LogP contribution in [0.25, 0.3) is 64.5 Å². The minimum absolute atomic E-state index is 0.308. The third-order valence-electron chi connectivity index (χ3n) is 6.57. The molecular weight excluding hydrogens is 441 g/mol. The lowest BCUT2D eigenvalue weighted by molar-refractivity contribution is 0.618. The van der Waals surface area contributed by atoms with Crippen molar-refractivity contribution in [3.8, 4) is 21.7 Å². The number of halogens is 1.